The zero-order valence-corrected chi connectivity index (χ0v) is 17.1. The molecule has 1 aliphatic heterocycles. The summed E-state index contributed by atoms with van der Waals surface area (Å²) in [6, 6.07) is 10.0. The summed E-state index contributed by atoms with van der Waals surface area (Å²) >= 11 is 1.56. The van der Waals surface area contributed by atoms with Crippen molar-refractivity contribution in [3.05, 3.63) is 66.3 Å². The van der Waals surface area contributed by atoms with E-state index in [4.69, 9.17) is 5.73 Å². The highest BCUT2D eigenvalue weighted by atomic mass is 32.1. The second kappa shape index (κ2) is 7.83. The number of fused-ring (bicyclic) bond motifs is 1. The van der Waals surface area contributed by atoms with Gasteiger partial charge in [-0.3, -0.25) is 4.79 Å². The Labute approximate surface area is 177 Å². The van der Waals surface area contributed by atoms with Crippen molar-refractivity contribution >= 4 is 33.3 Å². The fraction of sp³-hybridized carbons (Fsp3) is 0.286. The summed E-state index contributed by atoms with van der Waals surface area (Å²) in [5.74, 6) is 1.29. The number of hydrogen-bond acceptors (Lipinski definition) is 7. The minimum Gasteiger partial charge on any atom is -0.364 e. The Morgan fingerprint density at radius 2 is 1.90 bits per heavy atom. The second-order valence-corrected chi connectivity index (χ2v) is 8.16. The summed E-state index contributed by atoms with van der Waals surface area (Å²) in [5, 5.41) is 2.43. The van der Waals surface area contributed by atoms with Gasteiger partial charge in [-0.2, -0.15) is 4.37 Å². The van der Waals surface area contributed by atoms with Crippen LogP contribution in [0.25, 0.3) is 10.9 Å². The van der Waals surface area contributed by atoms with Crippen LogP contribution in [0, 0.1) is 0 Å². The standard InChI is InChI=1S/C21H21N7OS/c22-19(29)17-12-28(13-18-23-8-3-9-24-18)20(25-17)14-6-10-27(11-7-14)21-15-4-1-2-5-16(15)26-30-21/h1-5,8-9,12,14H,6-7,10-11,13H2,(H2,22,29). The molecule has 3 aromatic heterocycles. The van der Waals surface area contributed by atoms with Crippen molar-refractivity contribution in [2.75, 3.05) is 18.0 Å². The largest absolute Gasteiger partial charge is 0.364 e. The molecule has 0 radical (unpaired) electrons. The predicted molar refractivity (Wildman–Crippen MR) is 116 cm³/mol. The zero-order valence-electron chi connectivity index (χ0n) is 16.3. The number of nitrogens with two attached hydrogens (primary N) is 1. The molecule has 1 amide bonds. The lowest BCUT2D eigenvalue weighted by Crippen LogP contribution is -2.33. The first-order chi connectivity index (χ1) is 14.7. The molecule has 8 nitrogen and oxygen atoms in total. The lowest BCUT2D eigenvalue weighted by molar-refractivity contribution is 0.0995. The number of amides is 1. The Morgan fingerprint density at radius 3 is 2.67 bits per heavy atom. The van der Waals surface area contributed by atoms with E-state index in [-0.39, 0.29) is 11.6 Å². The highest BCUT2D eigenvalue weighted by molar-refractivity contribution is 7.11. The van der Waals surface area contributed by atoms with Crippen LogP contribution in [0.2, 0.25) is 0 Å². The van der Waals surface area contributed by atoms with Crippen LogP contribution < -0.4 is 10.6 Å². The first kappa shape index (κ1) is 18.7. The Kier molecular flexibility index (Phi) is 4.88. The Hall–Kier alpha value is -3.33. The van der Waals surface area contributed by atoms with Gasteiger partial charge < -0.3 is 15.2 Å². The van der Waals surface area contributed by atoms with E-state index in [1.165, 1.54) is 10.4 Å². The van der Waals surface area contributed by atoms with E-state index in [0.717, 1.165) is 37.3 Å². The van der Waals surface area contributed by atoms with Gasteiger partial charge in [-0.25, -0.2) is 15.0 Å². The smallest absolute Gasteiger partial charge is 0.268 e. The molecule has 1 fully saturated rings. The van der Waals surface area contributed by atoms with Crippen LogP contribution in [0.1, 0.15) is 40.9 Å². The molecule has 1 aliphatic rings. The molecule has 4 aromatic rings. The van der Waals surface area contributed by atoms with Gasteiger partial charge in [0.1, 0.15) is 22.3 Å². The molecular formula is C21H21N7OS. The number of carbonyl (C=O) groups excluding carboxylic acids is 1. The first-order valence-electron chi connectivity index (χ1n) is 9.91. The third-order valence-corrected chi connectivity index (χ3v) is 6.44. The van der Waals surface area contributed by atoms with Crippen molar-refractivity contribution in [3.8, 4) is 0 Å². The van der Waals surface area contributed by atoms with Gasteiger partial charge in [-0.15, -0.1) is 0 Å². The van der Waals surface area contributed by atoms with Crippen molar-refractivity contribution in [1.82, 2.24) is 23.9 Å². The molecule has 0 unspecified atom stereocenters. The highest BCUT2D eigenvalue weighted by Crippen LogP contribution is 2.36. The van der Waals surface area contributed by atoms with Gasteiger partial charge in [0, 0.05) is 43.0 Å². The number of rotatable bonds is 5. The average molecular weight is 420 g/mol. The average Bonchev–Trinajstić information content (AvgIpc) is 3.39. The monoisotopic (exact) mass is 419 g/mol. The molecule has 0 spiro atoms. The Morgan fingerprint density at radius 1 is 1.13 bits per heavy atom. The molecule has 2 N–H and O–H groups in total. The number of primary amides is 1. The summed E-state index contributed by atoms with van der Waals surface area (Å²) in [6.07, 6.45) is 7.03. The molecule has 9 heteroatoms. The fourth-order valence-electron chi connectivity index (χ4n) is 4.01. The van der Waals surface area contributed by atoms with Crippen LogP contribution in [0.5, 0.6) is 0 Å². The molecule has 152 valence electrons. The van der Waals surface area contributed by atoms with E-state index in [1.54, 1.807) is 36.2 Å². The van der Waals surface area contributed by atoms with E-state index in [9.17, 15) is 4.79 Å². The van der Waals surface area contributed by atoms with Gasteiger partial charge in [0.2, 0.25) is 0 Å². The number of carbonyl (C=O) groups is 1. The molecule has 5 rings (SSSR count). The van der Waals surface area contributed by atoms with Crippen molar-refractivity contribution in [2.45, 2.75) is 25.3 Å². The van der Waals surface area contributed by atoms with Crippen molar-refractivity contribution in [1.29, 1.82) is 0 Å². The molecule has 0 bridgehead atoms. The first-order valence-corrected chi connectivity index (χ1v) is 10.7. The molecule has 30 heavy (non-hydrogen) atoms. The van der Waals surface area contributed by atoms with Crippen molar-refractivity contribution in [2.24, 2.45) is 5.73 Å². The highest BCUT2D eigenvalue weighted by Gasteiger charge is 2.27. The SMILES string of the molecule is NC(=O)c1cn(Cc2ncccn2)c(C2CCN(c3snc4ccccc34)CC2)n1. The van der Waals surface area contributed by atoms with Gasteiger partial charge in [0.25, 0.3) is 5.91 Å². The van der Waals surface area contributed by atoms with Crippen molar-refractivity contribution in [3.63, 3.8) is 0 Å². The van der Waals surface area contributed by atoms with Gasteiger partial charge >= 0.3 is 0 Å². The summed E-state index contributed by atoms with van der Waals surface area (Å²) in [5.41, 5.74) is 6.83. The van der Waals surface area contributed by atoms with Gasteiger partial charge in [-0.05, 0) is 42.6 Å². The molecule has 1 aromatic carbocycles. The third kappa shape index (κ3) is 3.52. The number of hydrogen-bond donors (Lipinski definition) is 1. The molecule has 1 saturated heterocycles. The van der Waals surface area contributed by atoms with E-state index in [0.29, 0.717) is 12.4 Å². The van der Waals surface area contributed by atoms with E-state index >= 15 is 0 Å². The van der Waals surface area contributed by atoms with E-state index < -0.39 is 5.91 Å². The van der Waals surface area contributed by atoms with Crippen LogP contribution in [-0.2, 0) is 6.54 Å². The normalized spacial score (nSPS) is 15.0. The summed E-state index contributed by atoms with van der Waals surface area (Å²) < 4.78 is 6.54. The number of anilines is 1. The Balaban J connectivity index is 1.37. The van der Waals surface area contributed by atoms with Crippen LogP contribution in [0.3, 0.4) is 0 Å². The van der Waals surface area contributed by atoms with Gasteiger partial charge in [0.15, 0.2) is 0 Å². The molecule has 0 aliphatic carbocycles. The third-order valence-electron chi connectivity index (χ3n) is 5.50. The molecule has 4 heterocycles. The van der Waals surface area contributed by atoms with Crippen LogP contribution >= 0.6 is 11.5 Å². The molecular weight excluding hydrogens is 398 g/mol. The predicted octanol–water partition coefficient (Wildman–Crippen LogP) is 2.81. The van der Waals surface area contributed by atoms with Gasteiger partial charge in [0.05, 0.1) is 12.1 Å². The lowest BCUT2D eigenvalue weighted by Gasteiger charge is -2.32. The van der Waals surface area contributed by atoms with Crippen molar-refractivity contribution < 1.29 is 4.79 Å². The van der Waals surface area contributed by atoms with Crippen LogP contribution in [-0.4, -0.2) is 42.9 Å². The van der Waals surface area contributed by atoms with E-state index in [1.807, 2.05) is 10.6 Å². The summed E-state index contributed by atoms with van der Waals surface area (Å²) in [7, 11) is 0. The summed E-state index contributed by atoms with van der Waals surface area (Å²) in [6.45, 7) is 2.30. The number of piperidine rings is 1. The number of nitrogens with zero attached hydrogens (tertiary/aromatic N) is 6. The topological polar surface area (TPSA) is 103 Å². The fourth-order valence-corrected chi connectivity index (χ4v) is 4.92. The number of benzene rings is 1. The second-order valence-electron chi connectivity index (χ2n) is 7.41. The number of aromatic nitrogens is 5. The minimum atomic E-state index is -0.516. The lowest BCUT2D eigenvalue weighted by atomic mass is 9.96. The maximum Gasteiger partial charge on any atom is 0.268 e. The maximum absolute atomic E-state index is 11.7. The quantitative estimate of drug-likeness (QED) is 0.534. The molecule has 0 saturated carbocycles. The maximum atomic E-state index is 11.7. The zero-order chi connectivity index (χ0) is 20.5. The van der Waals surface area contributed by atoms with Gasteiger partial charge in [-0.1, -0.05) is 12.1 Å². The Bertz CT molecular complexity index is 1180. The molecule has 0 atom stereocenters. The van der Waals surface area contributed by atoms with E-state index in [2.05, 4.69) is 42.4 Å². The van der Waals surface area contributed by atoms with Crippen LogP contribution in [0.4, 0.5) is 5.00 Å². The summed E-state index contributed by atoms with van der Waals surface area (Å²) in [4.78, 5) is 27.3. The number of imidazole rings is 1. The van der Waals surface area contributed by atoms with Crippen LogP contribution in [0.15, 0.2) is 48.9 Å². The minimum absolute atomic E-state index is 0.247.